The first-order valence-corrected chi connectivity index (χ1v) is 10.7. The Balaban J connectivity index is 2.62. The first kappa shape index (κ1) is 23.0. The quantitative estimate of drug-likeness (QED) is 0.363. The van der Waals surface area contributed by atoms with E-state index in [9.17, 15) is 8.42 Å². The van der Waals surface area contributed by atoms with E-state index >= 15 is 0 Å². The van der Waals surface area contributed by atoms with Gasteiger partial charge in [-0.1, -0.05) is 6.92 Å². The second kappa shape index (κ2) is 11.0. The van der Waals surface area contributed by atoms with Crippen LogP contribution < -0.4 is 14.8 Å². The van der Waals surface area contributed by atoms with Crippen LogP contribution >= 0.6 is 0 Å². The summed E-state index contributed by atoms with van der Waals surface area (Å²) in [5.41, 5.74) is 1.01. The Bertz CT molecular complexity index is 722. The lowest BCUT2D eigenvalue weighted by atomic mass is 10.2. The van der Waals surface area contributed by atoms with Gasteiger partial charge in [-0.3, -0.25) is 4.99 Å². The van der Waals surface area contributed by atoms with Gasteiger partial charge in [-0.25, -0.2) is 12.7 Å². The highest BCUT2D eigenvalue weighted by Gasteiger charge is 2.14. The maximum atomic E-state index is 11.6. The number of nitrogens with zero attached hydrogens (tertiary/aromatic N) is 3. The number of nitrogens with one attached hydrogen (secondary N) is 1. The van der Waals surface area contributed by atoms with E-state index in [1.54, 1.807) is 21.3 Å². The molecule has 0 amide bonds. The number of aliphatic imine (C=N–C) groups is 1. The van der Waals surface area contributed by atoms with Crippen molar-refractivity contribution in [1.29, 1.82) is 0 Å². The first-order chi connectivity index (χ1) is 12.8. The van der Waals surface area contributed by atoms with E-state index in [1.165, 1.54) is 10.6 Å². The van der Waals surface area contributed by atoms with Gasteiger partial charge in [0.1, 0.15) is 11.5 Å². The number of rotatable bonds is 10. The Kier molecular flexibility index (Phi) is 9.37. The van der Waals surface area contributed by atoms with Crippen molar-refractivity contribution in [2.75, 3.05) is 54.2 Å². The van der Waals surface area contributed by atoms with Crippen LogP contribution in [0.5, 0.6) is 11.5 Å². The summed E-state index contributed by atoms with van der Waals surface area (Å²) in [5, 5.41) is 3.27. The lowest BCUT2D eigenvalue weighted by molar-refractivity contribution is 0.382. The van der Waals surface area contributed by atoms with E-state index in [1.807, 2.05) is 37.1 Å². The zero-order valence-electron chi connectivity index (χ0n) is 17.2. The number of methoxy groups -OCH3 is 2. The van der Waals surface area contributed by atoms with Crippen molar-refractivity contribution in [3.63, 3.8) is 0 Å². The summed E-state index contributed by atoms with van der Waals surface area (Å²) in [7, 11) is 3.76. The maximum absolute atomic E-state index is 11.6. The minimum Gasteiger partial charge on any atom is -0.497 e. The van der Waals surface area contributed by atoms with Crippen LogP contribution in [0.2, 0.25) is 0 Å². The summed E-state index contributed by atoms with van der Waals surface area (Å²) in [6.45, 7) is 4.03. The predicted octanol–water partition coefficient (Wildman–Crippen LogP) is 1.38. The molecule has 1 rings (SSSR count). The number of guanidine groups is 1. The van der Waals surface area contributed by atoms with Crippen molar-refractivity contribution >= 4 is 16.0 Å². The summed E-state index contributed by atoms with van der Waals surface area (Å²) < 4.78 is 35.4. The van der Waals surface area contributed by atoms with Gasteiger partial charge in [-0.2, -0.15) is 0 Å². The third kappa shape index (κ3) is 7.26. The smallest absolute Gasteiger partial charge is 0.211 e. The molecule has 0 bridgehead atoms. The molecular weight excluding hydrogens is 368 g/mol. The number of benzene rings is 1. The van der Waals surface area contributed by atoms with Crippen molar-refractivity contribution < 1.29 is 17.9 Å². The van der Waals surface area contributed by atoms with Gasteiger partial charge in [0.15, 0.2) is 5.96 Å². The standard InChI is InChI=1S/C18H32N4O4S/c1-7-22(27(6,23)24)12-8-11-20-18(19-2)21(3)14-15-9-10-16(25-4)13-17(15)26-5/h9-10,13H,7-8,11-12,14H2,1-6H3,(H,19,20). The Morgan fingerprint density at radius 1 is 1.26 bits per heavy atom. The number of hydrogen-bond donors (Lipinski definition) is 1. The van der Waals surface area contributed by atoms with Crippen LogP contribution in [-0.2, 0) is 16.6 Å². The summed E-state index contributed by atoms with van der Waals surface area (Å²) >= 11 is 0. The fourth-order valence-electron chi connectivity index (χ4n) is 2.71. The third-order valence-electron chi connectivity index (χ3n) is 4.16. The van der Waals surface area contributed by atoms with Crippen molar-refractivity contribution in [1.82, 2.24) is 14.5 Å². The molecule has 0 saturated heterocycles. The second-order valence-electron chi connectivity index (χ2n) is 6.12. The van der Waals surface area contributed by atoms with Crippen LogP contribution in [0.3, 0.4) is 0 Å². The van der Waals surface area contributed by atoms with E-state index in [-0.39, 0.29) is 0 Å². The van der Waals surface area contributed by atoms with E-state index in [0.717, 1.165) is 23.0 Å². The van der Waals surface area contributed by atoms with E-state index in [4.69, 9.17) is 9.47 Å². The Morgan fingerprint density at radius 2 is 1.96 bits per heavy atom. The molecule has 27 heavy (non-hydrogen) atoms. The van der Waals surface area contributed by atoms with Gasteiger partial charge >= 0.3 is 0 Å². The number of ether oxygens (including phenoxy) is 2. The van der Waals surface area contributed by atoms with Gasteiger partial charge in [-0.15, -0.1) is 0 Å². The van der Waals surface area contributed by atoms with Gasteiger partial charge in [0.05, 0.1) is 20.5 Å². The molecule has 0 atom stereocenters. The average Bonchev–Trinajstić information content (AvgIpc) is 2.63. The van der Waals surface area contributed by atoms with Crippen LogP contribution in [0.4, 0.5) is 0 Å². The minimum atomic E-state index is -3.15. The molecule has 0 fully saturated rings. The number of hydrogen-bond acceptors (Lipinski definition) is 5. The van der Waals surface area contributed by atoms with Crippen LogP contribution in [0.25, 0.3) is 0 Å². The molecule has 0 unspecified atom stereocenters. The van der Waals surface area contributed by atoms with Gasteiger partial charge in [0, 0.05) is 51.9 Å². The Morgan fingerprint density at radius 3 is 2.48 bits per heavy atom. The highest BCUT2D eigenvalue weighted by atomic mass is 32.2. The third-order valence-corrected chi connectivity index (χ3v) is 5.54. The molecule has 0 saturated carbocycles. The zero-order valence-corrected chi connectivity index (χ0v) is 18.0. The Labute approximate surface area is 163 Å². The molecule has 0 radical (unpaired) electrons. The molecule has 0 aliphatic heterocycles. The molecule has 0 heterocycles. The molecule has 0 aliphatic rings. The largest absolute Gasteiger partial charge is 0.497 e. The molecule has 0 aromatic heterocycles. The molecule has 1 aromatic rings. The van der Waals surface area contributed by atoms with Gasteiger partial charge in [0.2, 0.25) is 10.0 Å². The maximum Gasteiger partial charge on any atom is 0.211 e. The first-order valence-electron chi connectivity index (χ1n) is 8.84. The Hall–Kier alpha value is -2.00. The minimum absolute atomic E-state index is 0.477. The fourth-order valence-corrected chi connectivity index (χ4v) is 3.64. The molecule has 1 N–H and O–H groups in total. The monoisotopic (exact) mass is 400 g/mol. The molecular formula is C18H32N4O4S. The number of sulfonamides is 1. The van der Waals surface area contributed by atoms with Crippen LogP contribution in [0.1, 0.15) is 18.9 Å². The molecule has 0 spiro atoms. The highest BCUT2D eigenvalue weighted by molar-refractivity contribution is 7.88. The van der Waals surface area contributed by atoms with Gasteiger partial charge in [0.25, 0.3) is 0 Å². The van der Waals surface area contributed by atoms with Gasteiger partial charge < -0.3 is 19.7 Å². The van der Waals surface area contributed by atoms with Crippen LogP contribution in [0.15, 0.2) is 23.2 Å². The van der Waals surface area contributed by atoms with Crippen LogP contribution in [0, 0.1) is 0 Å². The highest BCUT2D eigenvalue weighted by Crippen LogP contribution is 2.25. The van der Waals surface area contributed by atoms with E-state index in [0.29, 0.717) is 32.6 Å². The van der Waals surface area contributed by atoms with Crippen molar-refractivity contribution in [3.8, 4) is 11.5 Å². The lowest BCUT2D eigenvalue weighted by Crippen LogP contribution is -2.40. The van der Waals surface area contributed by atoms with E-state index < -0.39 is 10.0 Å². The lowest BCUT2D eigenvalue weighted by Gasteiger charge is -2.24. The molecule has 9 heteroatoms. The molecule has 154 valence electrons. The fraction of sp³-hybridized carbons (Fsp3) is 0.611. The van der Waals surface area contributed by atoms with Crippen molar-refractivity contribution in [3.05, 3.63) is 23.8 Å². The van der Waals surface area contributed by atoms with E-state index in [2.05, 4.69) is 10.3 Å². The van der Waals surface area contributed by atoms with Crippen LogP contribution in [-0.4, -0.2) is 77.8 Å². The second-order valence-corrected chi connectivity index (χ2v) is 8.10. The summed E-state index contributed by atoms with van der Waals surface area (Å²) in [6, 6.07) is 5.71. The molecule has 0 aliphatic carbocycles. The molecule has 8 nitrogen and oxygen atoms in total. The van der Waals surface area contributed by atoms with Gasteiger partial charge in [-0.05, 0) is 18.6 Å². The normalized spacial score (nSPS) is 12.2. The molecule has 1 aromatic carbocycles. The zero-order chi connectivity index (χ0) is 20.4. The summed E-state index contributed by atoms with van der Waals surface area (Å²) in [5.74, 6) is 2.23. The topological polar surface area (TPSA) is 83.5 Å². The summed E-state index contributed by atoms with van der Waals surface area (Å²) in [4.78, 5) is 6.28. The van der Waals surface area contributed by atoms with Crippen molar-refractivity contribution in [2.24, 2.45) is 4.99 Å². The SMILES string of the molecule is CCN(CCCNC(=NC)N(C)Cc1ccc(OC)cc1OC)S(C)(=O)=O. The predicted molar refractivity (Wildman–Crippen MR) is 109 cm³/mol. The average molecular weight is 401 g/mol. The summed E-state index contributed by atoms with van der Waals surface area (Å²) in [6.07, 6.45) is 1.93. The van der Waals surface area contributed by atoms with Crippen molar-refractivity contribution in [2.45, 2.75) is 19.9 Å².